The van der Waals surface area contributed by atoms with E-state index in [1.807, 2.05) is 20.2 Å². The van der Waals surface area contributed by atoms with Crippen LogP contribution in [-0.4, -0.2) is 49.4 Å². The van der Waals surface area contributed by atoms with Gasteiger partial charge in [0.2, 0.25) is 0 Å². The normalized spacial score (nSPS) is 23.5. The molecule has 0 radical (unpaired) electrons. The smallest absolute Gasteiger partial charge is 0.119 e. The second-order valence-electron chi connectivity index (χ2n) is 6.62. The molecule has 4 heteroatoms. The molecule has 1 aromatic rings. The van der Waals surface area contributed by atoms with Crippen LogP contribution < -0.4 is 10.1 Å². The zero-order chi connectivity index (χ0) is 15.9. The number of aliphatic hydroxyl groups excluding tert-OH is 1. The Labute approximate surface area is 134 Å². The molecule has 1 aliphatic rings. The lowest BCUT2D eigenvalue weighted by Gasteiger charge is -2.29. The van der Waals surface area contributed by atoms with Crippen molar-refractivity contribution in [1.82, 2.24) is 10.2 Å². The van der Waals surface area contributed by atoms with E-state index in [0.717, 1.165) is 38.0 Å². The molecule has 0 bridgehead atoms. The number of likely N-dealkylation sites (N-methyl/N-ethyl adjacent to an activating group) is 1. The van der Waals surface area contributed by atoms with Crippen molar-refractivity contribution in [2.24, 2.45) is 0 Å². The average Bonchev–Trinajstić information content (AvgIpc) is 2.49. The highest BCUT2D eigenvalue weighted by Gasteiger charge is 2.21. The number of nitrogens with zero attached hydrogens (tertiary/aromatic N) is 1. The van der Waals surface area contributed by atoms with Crippen molar-refractivity contribution >= 4 is 0 Å². The van der Waals surface area contributed by atoms with Crippen LogP contribution in [0.4, 0.5) is 0 Å². The summed E-state index contributed by atoms with van der Waals surface area (Å²) in [5, 5.41) is 13.3. The first-order valence-electron chi connectivity index (χ1n) is 8.36. The minimum atomic E-state index is -0.0956. The van der Waals surface area contributed by atoms with Crippen LogP contribution in [-0.2, 0) is 0 Å². The van der Waals surface area contributed by atoms with Gasteiger partial charge in [-0.15, -0.1) is 0 Å². The quantitative estimate of drug-likeness (QED) is 0.813. The van der Waals surface area contributed by atoms with E-state index in [4.69, 9.17) is 4.74 Å². The Bertz CT molecular complexity index is 442. The van der Waals surface area contributed by atoms with Gasteiger partial charge in [0.15, 0.2) is 0 Å². The zero-order valence-corrected chi connectivity index (χ0v) is 14.1. The monoisotopic (exact) mass is 306 g/mol. The number of benzene rings is 1. The Balaban J connectivity index is 1.85. The van der Waals surface area contributed by atoms with Gasteiger partial charge in [-0.1, -0.05) is 12.1 Å². The highest BCUT2D eigenvalue weighted by molar-refractivity contribution is 5.30. The van der Waals surface area contributed by atoms with Gasteiger partial charge in [0.25, 0.3) is 0 Å². The first kappa shape index (κ1) is 17.3. The molecule has 2 N–H and O–H groups in total. The number of rotatable bonds is 7. The molecule has 1 atom stereocenters. The summed E-state index contributed by atoms with van der Waals surface area (Å²) in [5.74, 6) is 0.937. The van der Waals surface area contributed by atoms with Crippen molar-refractivity contribution in [3.63, 3.8) is 0 Å². The number of ether oxygens (including phenoxy) is 1. The molecule has 22 heavy (non-hydrogen) atoms. The van der Waals surface area contributed by atoms with E-state index in [0.29, 0.717) is 18.7 Å². The molecule has 124 valence electrons. The summed E-state index contributed by atoms with van der Waals surface area (Å²) < 4.78 is 5.81. The molecule has 0 aromatic heterocycles. The maximum atomic E-state index is 9.59. The maximum Gasteiger partial charge on any atom is 0.119 e. The number of nitrogens with one attached hydrogen (secondary N) is 1. The summed E-state index contributed by atoms with van der Waals surface area (Å²) in [5.41, 5.74) is 1.26. The lowest BCUT2D eigenvalue weighted by atomic mass is 9.92. The molecule has 0 saturated heterocycles. The van der Waals surface area contributed by atoms with E-state index < -0.39 is 0 Å². The van der Waals surface area contributed by atoms with Crippen molar-refractivity contribution in [3.05, 3.63) is 29.8 Å². The number of hydrogen-bond acceptors (Lipinski definition) is 4. The summed E-state index contributed by atoms with van der Waals surface area (Å²) in [4.78, 5) is 2.12. The Morgan fingerprint density at radius 2 is 2.00 bits per heavy atom. The van der Waals surface area contributed by atoms with Crippen LogP contribution in [0.3, 0.4) is 0 Å². The molecular weight excluding hydrogens is 276 g/mol. The van der Waals surface area contributed by atoms with Gasteiger partial charge in [0.1, 0.15) is 12.4 Å². The van der Waals surface area contributed by atoms with E-state index in [9.17, 15) is 5.11 Å². The third-order valence-corrected chi connectivity index (χ3v) is 4.35. The van der Waals surface area contributed by atoms with E-state index in [2.05, 4.69) is 35.3 Å². The molecule has 0 heterocycles. The Morgan fingerprint density at radius 1 is 1.27 bits per heavy atom. The predicted molar refractivity (Wildman–Crippen MR) is 90.3 cm³/mol. The first-order chi connectivity index (χ1) is 10.5. The van der Waals surface area contributed by atoms with Crippen molar-refractivity contribution < 1.29 is 9.84 Å². The Morgan fingerprint density at radius 3 is 2.68 bits per heavy atom. The van der Waals surface area contributed by atoms with Crippen molar-refractivity contribution in [3.8, 4) is 5.75 Å². The lowest BCUT2D eigenvalue weighted by Crippen LogP contribution is -2.36. The highest BCUT2D eigenvalue weighted by Crippen LogP contribution is 2.24. The van der Waals surface area contributed by atoms with Gasteiger partial charge >= 0.3 is 0 Å². The van der Waals surface area contributed by atoms with Crippen LogP contribution in [0.25, 0.3) is 0 Å². The SMILES string of the molecule is CC(NC1CCC(O)CC1)c1cccc(OCCN(C)C)c1. The Kier molecular flexibility index (Phi) is 6.68. The number of aliphatic hydroxyl groups is 1. The summed E-state index contributed by atoms with van der Waals surface area (Å²) in [6, 6.07) is 9.17. The Hall–Kier alpha value is -1.10. The van der Waals surface area contributed by atoms with Crippen LogP contribution in [0, 0.1) is 0 Å². The molecular formula is C18H30N2O2. The second kappa shape index (κ2) is 8.51. The molecule has 1 saturated carbocycles. The summed E-state index contributed by atoms with van der Waals surface area (Å²) >= 11 is 0. The molecule has 0 spiro atoms. The van der Waals surface area contributed by atoms with Crippen LogP contribution in [0.15, 0.2) is 24.3 Å². The summed E-state index contributed by atoms with van der Waals surface area (Å²) in [7, 11) is 4.10. The van der Waals surface area contributed by atoms with Crippen LogP contribution in [0.5, 0.6) is 5.75 Å². The van der Waals surface area contributed by atoms with Gasteiger partial charge < -0.3 is 20.1 Å². The van der Waals surface area contributed by atoms with Crippen LogP contribution in [0.1, 0.15) is 44.2 Å². The van der Waals surface area contributed by atoms with Gasteiger partial charge in [0, 0.05) is 18.6 Å². The van der Waals surface area contributed by atoms with E-state index in [1.54, 1.807) is 0 Å². The predicted octanol–water partition coefficient (Wildman–Crippen LogP) is 2.58. The van der Waals surface area contributed by atoms with Crippen molar-refractivity contribution in [1.29, 1.82) is 0 Å². The topological polar surface area (TPSA) is 44.7 Å². The molecule has 0 amide bonds. The maximum absolute atomic E-state index is 9.59. The third-order valence-electron chi connectivity index (χ3n) is 4.35. The van der Waals surface area contributed by atoms with Gasteiger partial charge in [-0.05, 0) is 64.4 Å². The fourth-order valence-corrected chi connectivity index (χ4v) is 2.91. The first-order valence-corrected chi connectivity index (χ1v) is 8.36. The molecule has 2 rings (SSSR count). The third kappa shape index (κ3) is 5.59. The second-order valence-corrected chi connectivity index (χ2v) is 6.62. The van der Waals surface area contributed by atoms with E-state index in [1.165, 1.54) is 5.56 Å². The van der Waals surface area contributed by atoms with E-state index in [-0.39, 0.29) is 6.10 Å². The largest absolute Gasteiger partial charge is 0.492 e. The van der Waals surface area contributed by atoms with Gasteiger partial charge in [-0.25, -0.2) is 0 Å². The van der Waals surface area contributed by atoms with Crippen LogP contribution in [0.2, 0.25) is 0 Å². The van der Waals surface area contributed by atoms with Crippen LogP contribution >= 0.6 is 0 Å². The van der Waals surface area contributed by atoms with E-state index >= 15 is 0 Å². The fourth-order valence-electron chi connectivity index (χ4n) is 2.91. The highest BCUT2D eigenvalue weighted by atomic mass is 16.5. The molecule has 1 fully saturated rings. The summed E-state index contributed by atoms with van der Waals surface area (Å²) in [6.45, 7) is 3.82. The van der Waals surface area contributed by atoms with Crippen molar-refractivity contribution in [2.45, 2.75) is 50.8 Å². The molecule has 1 aromatic carbocycles. The standard InChI is InChI=1S/C18H30N2O2/c1-14(19-16-7-9-17(21)10-8-16)15-5-4-6-18(13-15)22-12-11-20(2)3/h4-6,13-14,16-17,19,21H,7-12H2,1-3H3. The molecule has 1 aliphatic carbocycles. The van der Waals surface area contributed by atoms with Crippen molar-refractivity contribution in [2.75, 3.05) is 27.2 Å². The van der Waals surface area contributed by atoms with Gasteiger partial charge in [0.05, 0.1) is 6.10 Å². The molecule has 4 nitrogen and oxygen atoms in total. The van der Waals surface area contributed by atoms with Gasteiger partial charge in [-0.2, -0.15) is 0 Å². The summed E-state index contributed by atoms with van der Waals surface area (Å²) in [6.07, 6.45) is 3.85. The zero-order valence-electron chi connectivity index (χ0n) is 14.1. The molecule has 1 unspecified atom stereocenters. The molecule has 0 aliphatic heterocycles. The lowest BCUT2D eigenvalue weighted by molar-refractivity contribution is 0.114. The van der Waals surface area contributed by atoms with Gasteiger partial charge in [-0.3, -0.25) is 0 Å². The number of hydrogen-bond donors (Lipinski definition) is 2. The minimum absolute atomic E-state index is 0.0956. The minimum Gasteiger partial charge on any atom is -0.492 e. The average molecular weight is 306 g/mol. The fraction of sp³-hybridized carbons (Fsp3) is 0.667.